The highest BCUT2D eigenvalue weighted by Crippen LogP contribution is 2.20. The minimum absolute atomic E-state index is 0.0306. The zero-order valence-corrected chi connectivity index (χ0v) is 14.8. The summed E-state index contributed by atoms with van der Waals surface area (Å²) in [5.74, 6) is 0.670. The Morgan fingerprint density at radius 3 is 2.46 bits per heavy atom. The lowest BCUT2D eigenvalue weighted by molar-refractivity contribution is 0.0746. The second kappa shape index (κ2) is 7.13. The molecule has 0 aliphatic carbocycles. The number of hydrogen-bond acceptors (Lipinski definition) is 5. The zero-order chi connectivity index (χ0) is 17.9. The maximum absolute atomic E-state index is 12.8. The van der Waals surface area contributed by atoms with Gasteiger partial charge in [0.25, 0.3) is 5.91 Å². The van der Waals surface area contributed by atoms with E-state index in [0.29, 0.717) is 42.7 Å². The third kappa shape index (κ3) is 3.25. The summed E-state index contributed by atoms with van der Waals surface area (Å²) in [7, 11) is 0. The van der Waals surface area contributed by atoms with Crippen LogP contribution in [-0.4, -0.2) is 56.7 Å². The largest absolute Gasteiger partial charge is 0.337 e. The summed E-state index contributed by atoms with van der Waals surface area (Å²) in [4.78, 5) is 25.2. The lowest BCUT2D eigenvalue weighted by atomic mass is 10.2. The van der Waals surface area contributed by atoms with E-state index < -0.39 is 0 Å². The number of hydrogen-bond donors (Lipinski definition) is 0. The first kappa shape index (κ1) is 16.5. The summed E-state index contributed by atoms with van der Waals surface area (Å²) >= 11 is 6.20. The van der Waals surface area contributed by atoms with Crippen molar-refractivity contribution in [1.29, 1.82) is 0 Å². The van der Waals surface area contributed by atoms with Crippen LogP contribution >= 0.6 is 11.6 Å². The topological polar surface area (TPSA) is 67.2 Å². The van der Waals surface area contributed by atoms with E-state index in [0.717, 1.165) is 5.69 Å². The average Bonchev–Trinajstić information content (AvgIpc) is 3.18. The van der Waals surface area contributed by atoms with E-state index in [4.69, 9.17) is 11.6 Å². The van der Waals surface area contributed by atoms with E-state index in [1.54, 1.807) is 41.6 Å². The number of piperazine rings is 1. The van der Waals surface area contributed by atoms with E-state index in [9.17, 15) is 4.79 Å². The van der Waals surface area contributed by atoms with Gasteiger partial charge in [-0.1, -0.05) is 23.7 Å². The van der Waals surface area contributed by atoms with Crippen LogP contribution in [0, 0.1) is 0 Å². The molecule has 1 aromatic carbocycles. The second-order valence-electron chi connectivity index (χ2n) is 5.95. The van der Waals surface area contributed by atoms with Crippen molar-refractivity contribution < 1.29 is 4.79 Å². The molecule has 1 aliphatic rings. The van der Waals surface area contributed by atoms with Gasteiger partial charge in [0, 0.05) is 44.8 Å². The molecule has 7 nitrogen and oxygen atoms in total. The molecule has 1 aliphatic heterocycles. The molecule has 0 unspecified atom stereocenters. The molecule has 0 spiro atoms. The summed E-state index contributed by atoms with van der Waals surface area (Å²) in [6.45, 7) is 2.64. The third-order valence-corrected chi connectivity index (χ3v) is 4.65. The summed E-state index contributed by atoms with van der Waals surface area (Å²) in [6.07, 6.45) is 6.75. The number of anilines is 1. The molecular formula is C18H17ClN6O. The number of para-hydroxylation sites is 1. The van der Waals surface area contributed by atoms with Crippen LogP contribution in [0.15, 0.2) is 55.1 Å². The summed E-state index contributed by atoms with van der Waals surface area (Å²) in [5.41, 5.74) is 1.30. The van der Waals surface area contributed by atoms with Gasteiger partial charge in [-0.2, -0.15) is 5.10 Å². The first-order chi connectivity index (χ1) is 12.7. The highest BCUT2D eigenvalue weighted by molar-refractivity contribution is 6.32. The third-order valence-electron chi connectivity index (χ3n) is 4.33. The van der Waals surface area contributed by atoms with Crippen molar-refractivity contribution in [3.05, 3.63) is 65.7 Å². The average molecular weight is 369 g/mol. The van der Waals surface area contributed by atoms with Crippen molar-refractivity contribution >= 4 is 23.5 Å². The number of halogens is 1. The van der Waals surface area contributed by atoms with Crippen LogP contribution in [0.1, 0.15) is 10.4 Å². The maximum Gasteiger partial charge on any atom is 0.257 e. The number of carbonyl (C=O) groups excluding carboxylic acids is 1. The predicted octanol–water partition coefficient (Wildman–Crippen LogP) is 2.28. The van der Waals surface area contributed by atoms with E-state index in [2.05, 4.69) is 20.0 Å². The van der Waals surface area contributed by atoms with Gasteiger partial charge in [-0.25, -0.2) is 14.6 Å². The molecule has 132 valence electrons. The van der Waals surface area contributed by atoms with Gasteiger partial charge >= 0.3 is 0 Å². The Morgan fingerprint density at radius 2 is 1.73 bits per heavy atom. The molecule has 0 N–H and O–H groups in total. The van der Waals surface area contributed by atoms with Crippen LogP contribution in [-0.2, 0) is 0 Å². The summed E-state index contributed by atoms with van der Waals surface area (Å²) in [5, 5.41) is 4.87. The number of nitrogens with zero attached hydrogens (tertiary/aromatic N) is 6. The molecule has 0 bridgehead atoms. The van der Waals surface area contributed by atoms with Gasteiger partial charge in [-0.05, 0) is 18.2 Å². The molecule has 0 radical (unpaired) electrons. The summed E-state index contributed by atoms with van der Waals surface area (Å²) < 4.78 is 1.63. The van der Waals surface area contributed by atoms with Crippen LogP contribution in [0.25, 0.3) is 5.69 Å². The Morgan fingerprint density at radius 1 is 1.00 bits per heavy atom. The SMILES string of the molecule is O=C(c1cnn(-c2ccccc2Cl)c1)N1CCN(c2ncccn2)CC1. The highest BCUT2D eigenvalue weighted by atomic mass is 35.5. The molecule has 0 atom stereocenters. The van der Waals surface area contributed by atoms with E-state index in [-0.39, 0.29) is 5.91 Å². The predicted molar refractivity (Wildman–Crippen MR) is 98.7 cm³/mol. The van der Waals surface area contributed by atoms with Gasteiger partial charge in [0.05, 0.1) is 22.5 Å². The molecule has 26 heavy (non-hydrogen) atoms. The standard InChI is InChI=1S/C18H17ClN6O/c19-15-4-1-2-5-16(15)25-13-14(12-22-25)17(26)23-8-10-24(11-9-23)18-20-6-3-7-21-18/h1-7,12-13H,8-11H2. The normalized spacial score (nSPS) is 14.5. The van der Waals surface area contributed by atoms with E-state index >= 15 is 0 Å². The van der Waals surface area contributed by atoms with Crippen LogP contribution in [0.2, 0.25) is 5.02 Å². The Bertz CT molecular complexity index is 905. The van der Waals surface area contributed by atoms with Gasteiger partial charge in [-0.15, -0.1) is 0 Å². The van der Waals surface area contributed by atoms with Crippen LogP contribution in [0.5, 0.6) is 0 Å². The molecule has 3 heterocycles. The highest BCUT2D eigenvalue weighted by Gasteiger charge is 2.24. The monoisotopic (exact) mass is 368 g/mol. The number of amides is 1. The van der Waals surface area contributed by atoms with Crippen LogP contribution in [0.3, 0.4) is 0 Å². The minimum atomic E-state index is -0.0306. The Balaban J connectivity index is 1.44. The Hall–Kier alpha value is -2.93. The number of aromatic nitrogens is 4. The first-order valence-electron chi connectivity index (χ1n) is 8.33. The maximum atomic E-state index is 12.8. The van der Waals surface area contributed by atoms with Crippen molar-refractivity contribution in [3.63, 3.8) is 0 Å². The fraction of sp³-hybridized carbons (Fsp3) is 0.222. The zero-order valence-electron chi connectivity index (χ0n) is 14.0. The van der Waals surface area contributed by atoms with Crippen molar-refractivity contribution in [2.24, 2.45) is 0 Å². The van der Waals surface area contributed by atoms with Crippen LogP contribution < -0.4 is 4.90 Å². The molecule has 2 aromatic heterocycles. The number of carbonyl (C=O) groups is 1. The molecule has 1 saturated heterocycles. The Kier molecular flexibility index (Phi) is 4.53. The molecule has 3 aromatic rings. The van der Waals surface area contributed by atoms with Crippen molar-refractivity contribution in [3.8, 4) is 5.69 Å². The number of rotatable bonds is 3. The van der Waals surface area contributed by atoms with E-state index in [1.807, 2.05) is 23.1 Å². The lowest BCUT2D eigenvalue weighted by Crippen LogP contribution is -2.49. The van der Waals surface area contributed by atoms with Gasteiger partial charge in [0.15, 0.2) is 0 Å². The molecular weight excluding hydrogens is 352 g/mol. The van der Waals surface area contributed by atoms with Crippen LogP contribution in [0.4, 0.5) is 5.95 Å². The van der Waals surface area contributed by atoms with Gasteiger partial charge in [0.1, 0.15) is 0 Å². The quantitative estimate of drug-likeness (QED) is 0.709. The molecule has 1 amide bonds. The summed E-state index contributed by atoms with van der Waals surface area (Å²) in [6, 6.07) is 9.19. The number of benzene rings is 1. The van der Waals surface area contributed by atoms with Crippen molar-refractivity contribution in [1.82, 2.24) is 24.6 Å². The van der Waals surface area contributed by atoms with Crippen molar-refractivity contribution in [2.45, 2.75) is 0 Å². The lowest BCUT2D eigenvalue weighted by Gasteiger charge is -2.34. The minimum Gasteiger partial charge on any atom is -0.337 e. The smallest absolute Gasteiger partial charge is 0.257 e. The molecule has 1 fully saturated rings. The molecule has 4 rings (SSSR count). The second-order valence-corrected chi connectivity index (χ2v) is 6.36. The first-order valence-corrected chi connectivity index (χ1v) is 8.71. The van der Waals surface area contributed by atoms with Gasteiger partial charge < -0.3 is 9.80 Å². The fourth-order valence-electron chi connectivity index (χ4n) is 2.95. The van der Waals surface area contributed by atoms with Gasteiger partial charge in [-0.3, -0.25) is 4.79 Å². The molecule has 8 heteroatoms. The Labute approximate surface area is 155 Å². The fourth-order valence-corrected chi connectivity index (χ4v) is 3.17. The molecule has 0 saturated carbocycles. The van der Waals surface area contributed by atoms with Gasteiger partial charge in [0.2, 0.25) is 5.95 Å². The van der Waals surface area contributed by atoms with E-state index in [1.165, 1.54) is 0 Å². The van der Waals surface area contributed by atoms with Crippen molar-refractivity contribution in [2.75, 3.05) is 31.1 Å².